The SMILES string of the molecule is CCc1ccccc1NC(=O)/C(C#N)=C\c1cccc(OC)c1O[C@H](C)C(=O)O. The Morgan fingerprint density at radius 2 is 1.97 bits per heavy atom. The Hall–Kier alpha value is -3.79. The fourth-order valence-corrected chi connectivity index (χ4v) is 2.60. The third kappa shape index (κ3) is 5.36. The molecule has 0 saturated carbocycles. The van der Waals surface area contributed by atoms with Gasteiger partial charge in [0.25, 0.3) is 5.91 Å². The van der Waals surface area contributed by atoms with E-state index >= 15 is 0 Å². The molecular weight excluding hydrogens is 372 g/mol. The van der Waals surface area contributed by atoms with Gasteiger partial charge >= 0.3 is 5.97 Å². The number of nitrogens with zero attached hydrogens (tertiary/aromatic N) is 1. The summed E-state index contributed by atoms with van der Waals surface area (Å²) in [6.45, 7) is 3.34. The number of carbonyl (C=O) groups excluding carboxylic acids is 1. The second-order valence-corrected chi connectivity index (χ2v) is 6.11. The molecule has 1 atom stereocenters. The number of carbonyl (C=O) groups is 2. The van der Waals surface area contributed by atoms with Gasteiger partial charge in [0.1, 0.15) is 11.6 Å². The van der Waals surface area contributed by atoms with E-state index in [-0.39, 0.29) is 11.3 Å². The topological polar surface area (TPSA) is 109 Å². The van der Waals surface area contributed by atoms with Gasteiger partial charge in [0, 0.05) is 11.3 Å². The second kappa shape index (κ2) is 9.95. The maximum absolute atomic E-state index is 12.6. The molecule has 0 fully saturated rings. The van der Waals surface area contributed by atoms with Crippen molar-refractivity contribution in [3.8, 4) is 17.6 Å². The van der Waals surface area contributed by atoms with Crippen molar-refractivity contribution in [3.05, 3.63) is 59.2 Å². The van der Waals surface area contributed by atoms with Crippen molar-refractivity contribution in [1.82, 2.24) is 0 Å². The molecule has 2 aromatic rings. The van der Waals surface area contributed by atoms with Crippen molar-refractivity contribution in [2.75, 3.05) is 12.4 Å². The largest absolute Gasteiger partial charge is 0.493 e. The number of amides is 1. The van der Waals surface area contributed by atoms with Crippen LogP contribution in [0.2, 0.25) is 0 Å². The number of aryl methyl sites for hydroxylation is 1. The molecule has 2 aromatic carbocycles. The first-order valence-corrected chi connectivity index (χ1v) is 8.98. The summed E-state index contributed by atoms with van der Waals surface area (Å²) >= 11 is 0. The van der Waals surface area contributed by atoms with E-state index in [1.807, 2.05) is 25.1 Å². The zero-order valence-corrected chi connectivity index (χ0v) is 16.4. The number of nitriles is 1. The zero-order valence-electron chi connectivity index (χ0n) is 16.4. The number of nitrogens with one attached hydrogen (secondary N) is 1. The maximum atomic E-state index is 12.6. The second-order valence-electron chi connectivity index (χ2n) is 6.11. The van der Waals surface area contributed by atoms with Gasteiger partial charge in [-0.25, -0.2) is 4.79 Å². The van der Waals surface area contributed by atoms with E-state index in [1.165, 1.54) is 20.1 Å². The number of benzene rings is 2. The first kappa shape index (κ1) is 21.5. The predicted octanol–water partition coefficient (Wildman–Crippen LogP) is 3.66. The van der Waals surface area contributed by atoms with Crippen LogP contribution < -0.4 is 14.8 Å². The van der Waals surface area contributed by atoms with E-state index < -0.39 is 18.0 Å². The molecule has 0 aliphatic rings. The number of carboxylic acid groups (broad SMARTS) is 1. The molecule has 2 N–H and O–H groups in total. The molecule has 29 heavy (non-hydrogen) atoms. The van der Waals surface area contributed by atoms with E-state index in [0.717, 1.165) is 12.0 Å². The van der Waals surface area contributed by atoms with Crippen LogP contribution in [0.1, 0.15) is 25.0 Å². The van der Waals surface area contributed by atoms with Crippen molar-refractivity contribution in [3.63, 3.8) is 0 Å². The lowest BCUT2D eigenvalue weighted by molar-refractivity contribution is -0.144. The standard InChI is InChI=1S/C22H22N2O5/c1-4-15-8-5-6-10-18(15)24-21(25)17(13-23)12-16-9-7-11-19(28-3)20(16)29-14(2)22(26)27/h5-12,14H,4H2,1-3H3,(H,24,25)(H,26,27)/b17-12-/t14-/m1/s1. The Morgan fingerprint density at radius 1 is 1.24 bits per heavy atom. The Bertz CT molecular complexity index is 975. The smallest absolute Gasteiger partial charge is 0.344 e. The molecule has 0 bridgehead atoms. The molecule has 7 heteroatoms. The van der Waals surface area contributed by atoms with Gasteiger partial charge in [0.2, 0.25) is 0 Å². The average Bonchev–Trinajstić information content (AvgIpc) is 2.72. The number of aliphatic carboxylic acids is 1. The molecule has 0 aliphatic carbocycles. The molecule has 0 spiro atoms. The summed E-state index contributed by atoms with van der Waals surface area (Å²) in [6, 6.07) is 14.1. The van der Waals surface area contributed by atoms with Crippen molar-refractivity contribution < 1.29 is 24.2 Å². The minimum absolute atomic E-state index is 0.138. The molecule has 0 heterocycles. The van der Waals surface area contributed by atoms with Crippen LogP contribution >= 0.6 is 0 Å². The summed E-state index contributed by atoms with van der Waals surface area (Å²) in [5.41, 5.74) is 1.77. The van der Waals surface area contributed by atoms with Crippen LogP contribution in [0.3, 0.4) is 0 Å². The third-order valence-corrected chi connectivity index (χ3v) is 4.18. The molecule has 7 nitrogen and oxygen atoms in total. The number of rotatable bonds is 8. The first-order chi connectivity index (χ1) is 13.9. The van der Waals surface area contributed by atoms with Crippen LogP contribution in [0, 0.1) is 11.3 Å². The summed E-state index contributed by atoms with van der Waals surface area (Å²) in [4.78, 5) is 23.8. The van der Waals surface area contributed by atoms with E-state index in [9.17, 15) is 14.9 Å². The van der Waals surface area contributed by atoms with Gasteiger partial charge in [-0.3, -0.25) is 4.79 Å². The summed E-state index contributed by atoms with van der Waals surface area (Å²) in [5, 5.41) is 21.4. The van der Waals surface area contributed by atoms with Crippen LogP contribution in [0.25, 0.3) is 6.08 Å². The van der Waals surface area contributed by atoms with Crippen LogP contribution in [0.15, 0.2) is 48.0 Å². The van der Waals surface area contributed by atoms with E-state index in [1.54, 1.807) is 30.3 Å². The van der Waals surface area contributed by atoms with Gasteiger partial charge in [-0.1, -0.05) is 37.3 Å². The van der Waals surface area contributed by atoms with E-state index in [0.29, 0.717) is 17.0 Å². The predicted molar refractivity (Wildman–Crippen MR) is 109 cm³/mol. The molecule has 2 rings (SSSR count). The fourth-order valence-electron chi connectivity index (χ4n) is 2.60. The highest BCUT2D eigenvalue weighted by Crippen LogP contribution is 2.33. The van der Waals surface area contributed by atoms with Gasteiger partial charge in [-0.2, -0.15) is 5.26 Å². The van der Waals surface area contributed by atoms with Gasteiger partial charge in [-0.05, 0) is 37.1 Å². The highest BCUT2D eigenvalue weighted by molar-refractivity contribution is 6.10. The van der Waals surface area contributed by atoms with Crippen LogP contribution in [0.5, 0.6) is 11.5 Å². The summed E-state index contributed by atoms with van der Waals surface area (Å²) in [5.74, 6) is -1.30. The van der Waals surface area contributed by atoms with Crippen molar-refractivity contribution in [2.24, 2.45) is 0 Å². The first-order valence-electron chi connectivity index (χ1n) is 8.98. The van der Waals surface area contributed by atoms with Gasteiger partial charge in [-0.15, -0.1) is 0 Å². The van der Waals surface area contributed by atoms with Crippen LogP contribution in [-0.2, 0) is 16.0 Å². The van der Waals surface area contributed by atoms with Crippen LogP contribution in [-0.4, -0.2) is 30.2 Å². The number of anilines is 1. The monoisotopic (exact) mass is 394 g/mol. The number of hydrogen-bond acceptors (Lipinski definition) is 5. The molecule has 1 amide bonds. The minimum Gasteiger partial charge on any atom is -0.493 e. The van der Waals surface area contributed by atoms with Crippen molar-refractivity contribution in [2.45, 2.75) is 26.4 Å². The Balaban J connectivity index is 2.40. The maximum Gasteiger partial charge on any atom is 0.344 e. The van der Waals surface area contributed by atoms with E-state index in [2.05, 4.69) is 5.32 Å². The minimum atomic E-state index is -1.15. The molecular formula is C22H22N2O5. The average molecular weight is 394 g/mol. The quantitative estimate of drug-likeness (QED) is 0.522. The Morgan fingerprint density at radius 3 is 2.59 bits per heavy atom. The highest BCUT2D eigenvalue weighted by atomic mass is 16.5. The van der Waals surface area contributed by atoms with Gasteiger partial charge in [0.15, 0.2) is 17.6 Å². The molecule has 150 valence electrons. The summed E-state index contributed by atoms with van der Waals surface area (Å²) in [6.07, 6.45) is 0.925. The summed E-state index contributed by atoms with van der Waals surface area (Å²) in [7, 11) is 1.42. The number of para-hydroxylation sites is 2. The summed E-state index contributed by atoms with van der Waals surface area (Å²) < 4.78 is 10.7. The molecule has 0 unspecified atom stereocenters. The molecule has 0 saturated heterocycles. The third-order valence-electron chi connectivity index (χ3n) is 4.18. The van der Waals surface area contributed by atoms with E-state index in [4.69, 9.17) is 14.6 Å². The number of carboxylic acids is 1. The molecule has 0 aliphatic heterocycles. The normalized spacial score (nSPS) is 11.9. The zero-order chi connectivity index (χ0) is 21.4. The lowest BCUT2D eigenvalue weighted by Crippen LogP contribution is -2.23. The Kier molecular flexibility index (Phi) is 7.38. The number of methoxy groups -OCH3 is 1. The van der Waals surface area contributed by atoms with Gasteiger partial charge in [0.05, 0.1) is 7.11 Å². The fraction of sp³-hybridized carbons (Fsp3) is 0.227. The van der Waals surface area contributed by atoms with Crippen LogP contribution in [0.4, 0.5) is 5.69 Å². The highest BCUT2D eigenvalue weighted by Gasteiger charge is 2.19. The Labute approximate surface area is 169 Å². The number of hydrogen-bond donors (Lipinski definition) is 2. The number of ether oxygens (including phenoxy) is 2. The van der Waals surface area contributed by atoms with Crippen molar-refractivity contribution >= 4 is 23.6 Å². The molecule has 0 radical (unpaired) electrons. The molecule has 0 aromatic heterocycles. The lowest BCUT2D eigenvalue weighted by atomic mass is 10.1. The van der Waals surface area contributed by atoms with Crippen molar-refractivity contribution in [1.29, 1.82) is 5.26 Å². The van der Waals surface area contributed by atoms with Gasteiger partial charge < -0.3 is 19.9 Å². The lowest BCUT2D eigenvalue weighted by Gasteiger charge is -2.16.